The zero-order valence-corrected chi connectivity index (χ0v) is 17.3. The molecule has 0 radical (unpaired) electrons. The third-order valence-electron chi connectivity index (χ3n) is 4.45. The minimum atomic E-state index is -0.287. The fourth-order valence-electron chi connectivity index (χ4n) is 3.10. The van der Waals surface area contributed by atoms with Gasteiger partial charge in [0.05, 0.1) is 0 Å². The zero-order valence-electron chi connectivity index (χ0n) is 15.8. The zero-order chi connectivity index (χ0) is 20.2. The van der Waals surface area contributed by atoms with Gasteiger partial charge in [0.2, 0.25) is 5.13 Å². The van der Waals surface area contributed by atoms with Crippen molar-refractivity contribution in [2.45, 2.75) is 19.9 Å². The number of hydrogen-bond donors (Lipinski definition) is 1. The van der Waals surface area contributed by atoms with Gasteiger partial charge in [-0.2, -0.15) is 0 Å². The monoisotopic (exact) mass is 426 g/mol. The van der Waals surface area contributed by atoms with Crippen LogP contribution in [0.2, 0.25) is 5.02 Å². The van der Waals surface area contributed by atoms with Crippen LogP contribution in [0.3, 0.4) is 0 Å². The van der Waals surface area contributed by atoms with Crippen molar-refractivity contribution >= 4 is 44.9 Å². The van der Waals surface area contributed by atoms with Crippen molar-refractivity contribution in [3.63, 3.8) is 0 Å². The van der Waals surface area contributed by atoms with Crippen molar-refractivity contribution in [3.8, 4) is 5.75 Å². The first-order valence-electron chi connectivity index (χ1n) is 9.19. The van der Waals surface area contributed by atoms with E-state index in [0.29, 0.717) is 22.3 Å². The molecule has 0 saturated heterocycles. The van der Waals surface area contributed by atoms with Crippen LogP contribution >= 0.6 is 22.9 Å². The highest BCUT2D eigenvalue weighted by atomic mass is 35.5. The molecule has 0 aliphatic heterocycles. The number of para-hydroxylation sites is 1. The summed E-state index contributed by atoms with van der Waals surface area (Å²) in [7, 11) is 0. The highest BCUT2D eigenvalue weighted by Crippen LogP contribution is 2.26. The van der Waals surface area contributed by atoms with Crippen LogP contribution in [0, 0.1) is 0 Å². The van der Waals surface area contributed by atoms with Crippen molar-refractivity contribution in [2.24, 2.45) is 0 Å². The van der Waals surface area contributed by atoms with Gasteiger partial charge >= 0.3 is 0 Å². The summed E-state index contributed by atoms with van der Waals surface area (Å²) in [5.74, 6) is 0.292. The summed E-state index contributed by atoms with van der Waals surface area (Å²) in [6.45, 7) is 2.92. The number of benzene rings is 2. The van der Waals surface area contributed by atoms with Crippen LogP contribution in [-0.4, -0.2) is 27.3 Å². The Morgan fingerprint density at radius 2 is 1.97 bits per heavy atom. The molecule has 148 valence electrons. The van der Waals surface area contributed by atoms with E-state index in [-0.39, 0.29) is 12.5 Å². The summed E-state index contributed by atoms with van der Waals surface area (Å²) >= 11 is 7.20. The number of anilines is 1. The molecule has 0 atom stereocenters. The van der Waals surface area contributed by atoms with Gasteiger partial charge in [-0.3, -0.25) is 10.1 Å². The topological polar surface area (TPSA) is 69.0 Å². The molecule has 2 aromatic carbocycles. The summed E-state index contributed by atoms with van der Waals surface area (Å²) in [5.41, 5.74) is 2.41. The van der Waals surface area contributed by atoms with Gasteiger partial charge in [-0.1, -0.05) is 41.1 Å². The summed E-state index contributed by atoms with van der Waals surface area (Å²) in [6.07, 6.45) is 2.83. The molecule has 29 heavy (non-hydrogen) atoms. The van der Waals surface area contributed by atoms with Crippen LogP contribution in [0.25, 0.3) is 10.9 Å². The highest BCUT2D eigenvalue weighted by molar-refractivity contribution is 7.15. The number of fused-ring (bicyclic) bond motifs is 1. The number of nitrogens with one attached hydrogen (secondary N) is 1. The Balaban J connectivity index is 1.38. The fraction of sp³-hybridized carbons (Fsp3) is 0.190. The van der Waals surface area contributed by atoms with Gasteiger partial charge in [0, 0.05) is 35.1 Å². The molecule has 0 aliphatic carbocycles. The molecular weight excluding hydrogens is 408 g/mol. The molecule has 0 bridgehead atoms. The third kappa shape index (κ3) is 4.58. The predicted molar refractivity (Wildman–Crippen MR) is 116 cm³/mol. The van der Waals surface area contributed by atoms with Crippen molar-refractivity contribution in [3.05, 3.63) is 70.3 Å². The summed E-state index contributed by atoms with van der Waals surface area (Å²) in [5, 5.41) is 14.2. The van der Waals surface area contributed by atoms with Gasteiger partial charge in [-0.25, -0.2) is 0 Å². The minimum Gasteiger partial charge on any atom is -0.484 e. The van der Waals surface area contributed by atoms with Gasteiger partial charge in [0.25, 0.3) is 5.91 Å². The molecule has 0 unspecified atom stereocenters. The van der Waals surface area contributed by atoms with Gasteiger partial charge in [-0.15, -0.1) is 10.2 Å². The maximum absolute atomic E-state index is 12.1. The van der Waals surface area contributed by atoms with Gasteiger partial charge in [0.15, 0.2) is 6.61 Å². The number of aryl methyl sites for hydroxylation is 1. The average molecular weight is 427 g/mol. The molecule has 2 aromatic heterocycles. The van der Waals surface area contributed by atoms with Crippen LogP contribution in [-0.2, 0) is 17.8 Å². The van der Waals surface area contributed by atoms with Crippen LogP contribution < -0.4 is 10.1 Å². The molecule has 2 heterocycles. The number of halogens is 1. The van der Waals surface area contributed by atoms with E-state index < -0.39 is 0 Å². The van der Waals surface area contributed by atoms with E-state index in [4.69, 9.17) is 16.3 Å². The SMILES string of the molecule is CCn1cc(Cc2nnc(NC(=O)COc3ccc(Cl)cc3)s2)c2ccccc21. The molecule has 6 nitrogen and oxygen atoms in total. The second-order valence-electron chi connectivity index (χ2n) is 6.43. The Kier molecular flexibility index (Phi) is 5.78. The number of rotatable bonds is 7. The van der Waals surface area contributed by atoms with Gasteiger partial charge < -0.3 is 9.30 Å². The maximum atomic E-state index is 12.1. The van der Waals surface area contributed by atoms with E-state index >= 15 is 0 Å². The van der Waals surface area contributed by atoms with E-state index in [9.17, 15) is 4.79 Å². The predicted octanol–water partition coefficient (Wildman–Crippen LogP) is 4.77. The number of carbonyl (C=O) groups is 1. The van der Waals surface area contributed by atoms with E-state index in [2.05, 4.69) is 45.3 Å². The lowest BCUT2D eigenvalue weighted by atomic mass is 10.1. The van der Waals surface area contributed by atoms with Gasteiger partial charge in [-0.05, 0) is 42.8 Å². The quantitative estimate of drug-likeness (QED) is 0.462. The molecule has 0 fully saturated rings. The number of ether oxygens (including phenoxy) is 1. The standard InChI is InChI=1S/C21H19ClN4O2S/c1-2-26-12-14(17-5-3-4-6-18(17)26)11-20-24-25-21(29-20)23-19(27)13-28-16-9-7-15(22)8-10-16/h3-10,12H,2,11,13H2,1H3,(H,23,25,27). The first-order valence-corrected chi connectivity index (χ1v) is 10.4. The lowest BCUT2D eigenvalue weighted by Gasteiger charge is -2.05. The largest absolute Gasteiger partial charge is 0.484 e. The number of aromatic nitrogens is 3. The lowest BCUT2D eigenvalue weighted by molar-refractivity contribution is -0.118. The number of nitrogens with zero attached hydrogens (tertiary/aromatic N) is 3. The van der Waals surface area contributed by atoms with Crippen molar-refractivity contribution in [1.82, 2.24) is 14.8 Å². The third-order valence-corrected chi connectivity index (χ3v) is 5.54. The van der Waals surface area contributed by atoms with Crippen LogP contribution in [0.15, 0.2) is 54.7 Å². The Morgan fingerprint density at radius 3 is 2.76 bits per heavy atom. The van der Waals surface area contributed by atoms with E-state index in [1.54, 1.807) is 24.3 Å². The maximum Gasteiger partial charge on any atom is 0.264 e. The Labute approximate surface area is 177 Å². The first-order chi connectivity index (χ1) is 14.1. The first kappa shape index (κ1) is 19.4. The van der Waals surface area contributed by atoms with Crippen LogP contribution in [0.5, 0.6) is 5.75 Å². The van der Waals surface area contributed by atoms with Crippen molar-refractivity contribution < 1.29 is 9.53 Å². The van der Waals surface area contributed by atoms with E-state index in [1.165, 1.54) is 27.8 Å². The lowest BCUT2D eigenvalue weighted by Crippen LogP contribution is -2.20. The molecule has 4 rings (SSSR count). The second kappa shape index (κ2) is 8.63. The molecule has 8 heteroatoms. The molecule has 0 saturated carbocycles. The summed E-state index contributed by atoms with van der Waals surface area (Å²) in [4.78, 5) is 12.1. The molecule has 0 spiro atoms. The van der Waals surface area contributed by atoms with Gasteiger partial charge in [0.1, 0.15) is 10.8 Å². The van der Waals surface area contributed by atoms with Crippen molar-refractivity contribution in [2.75, 3.05) is 11.9 Å². The molecule has 1 amide bonds. The van der Waals surface area contributed by atoms with E-state index in [0.717, 1.165) is 11.6 Å². The normalized spacial score (nSPS) is 11.0. The highest BCUT2D eigenvalue weighted by Gasteiger charge is 2.13. The Morgan fingerprint density at radius 1 is 1.17 bits per heavy atom. The number of carbonyl (C=O) groups excluding carboxylic acids is 1. The van der Waals surface area contributed by atoms with E-state index in [1.807, 2.05) is 12.1 Å². The second-order valence-corrected chi connectivity index (χ2v) is 7.92. The molecule has 4 aromatic rings. The average Bonchev–Trinajstić information content (AvgIpc) is 3.32. The summed E-state index contributed by atoms with van der Waals surface area (Å²) in [6, 6.07) is 15.2. The number of hydrogen-bond acceptors (Lipinski definition) is 5. The smallest absolute Gasteiger partial charge is 0.264 e. The number of amides is 1. The molecule has 0 aliphatic rings. The fourth-order valence-corrected chi connectivity index (χ4v) is 4.00. The molecule has 1 N–H and O–H groups in total. The minimum absolute atomic E-state index is 0.111. The molecular formula is C21H19ClN4O2S. The van der Waals surface area contributed by atoms with Crippen molar-refractivity contribution in [1.29, 1.82) is 0 Å². The van der Waals surface area contributed by atoms with Crippen LogP contribution in [0.4, 0.5) is 5.13 Å². The Bertz CT molecular complexity index is 1140. The Hall–Kier alpha value is -2.90. The van der Waals surface area contributed by atoms with Crippen LogP contribution in [0.1, 0.15) is 17.5 Å². The summed E-state index contributed by atoms with van der Waals surface area (Å²) < 4.78 is 7.67.